The Balaban J connectivity index is 2.36. The molecule has 0 amide bonds. The Labute approximate surface area is 98.7 Å². The van der Waals surface area contributed by atoms with E-state index in [1.165, 1.54) is 0 Å². The van der Waals surface area contributed by atoms with Crippen molar-refractivity contribution in [3.8, 4) is 5.75 Å². The second-order valence-corrected chi connectivity index (χ2v) is 3.67. The van der Waals surface area contributed by atoms with E-state index < -0.39 is 0 Å². The Morgan fingerprint density at radius 3 is 2.88 bits per heavy atom. The van der Waals surface area contributed by atoms with Gasteiger partial charge in [0.05, 0.1) is 7.11 Å². The van der Waals surface area contributed by atoms with E-state index in [2.05, 4.69) is 15.6 Å². The molecule has 0 spiro atoms. The lowest BCUT2D eigenvalue weighted by Gasteiger charge is -2.24. The van der Waals surface area contributed by atoms with Crippen molar-refractivity contribution < 1.29 is 4.74 Å². The first-order chi connectivity index (χ1) is 7.70. The van der Waals surface area contributed by atoms with E-state index in [1.54, 1.807) is 7.11 Å². The van der Waals surface area contributed by atoms with Crippen LogP contribution in [0.15, 0.2) is 29.3 Å². The van der Waals surface area contributed by atoms with Gasteiger partial charge >= 0.3 is 0 Å². The van der Waals surface area contributed by atoms with E-state index in [0.29, 0.717) is 11.1 Å². The summed E-state index contributed by atoms with van der Waals surface area (Å²) in [5.74, 6) is 1.06. The average Bonchev–Trinajstić information content (AvgIpc) is 2.27. The molecule has 4 N–H and O–H groups in total. The maximum Gasteiger partial charge on any atom is 0.197 e. The fraction of sp³-hybridized carbons (Fsp3) is 0.200. The summed E-state index contributed by atoms with van der Waals surface area (Å²) in [4.78, 5) is 4.22. The minimum atomic E-state index is -0.301. The van der Waals surface area contributed by atoms with Gasteiger partial charge in [0.15, 0.2) is 17.2 Å². The fourth-order valence-corrected chi connectivity index (χ4v) is 1.74. The first-order valence-electron chi connectivity index (χ1n) is 4.74. The highest BCUT2D eigenvalue weighted by molar-refractivity contribution is 7.80. The van der Waals surface area contributed by atoms with Gasteiger partial charge in [-0.15, -0.1) is 0 Å². The molecule has 0 bridgehead atoms. The van der Waals surface area contributed by atoms with Crippen LogP contribution in [0.2, 0.25) is 0 Å². The smallest absolute Gasteiger partial charge is 0.197 e. The van der Waals surface area contributed by atoms with Gasteiger partial charge in [0.2, 0.25) is 0 Å². The van der Waals surface area contributed by atoms with Crippen LogP contribution in [0.1, 0.15) is 11.7 Å². The molecule has 6 heteroatoms. The zero-order valence-corrected chi connectivity index (χ0v) is 9.54. The van der Waals surface area contributed by atoms with Crippen molar-refractivity contribution in [2.75, 3.05) is 7.11 Å². The summed E-state index contributed by atoms with van der Waals surface area (Å²) in [6, 6.07) is 7.60. The van der Waals surface area contributed by atoms with Crippen LogP contribution in [-0.2, 0) is 0 Å². The van der Waals surface area contributed by atoms with E-state index in [0.717, 1.165) is 11.3 Å². The SMILES string of the molecule is COc1ccccc1[C@H]1N=C(N)NC(=S)N1. The summed E-state index contributed by atoms with van der Waals surface area (Å²) in [7, 11) is 1.62. The lowest BCUT2D eigenvalue weighted by Crippen LogP contribution is -2.49. The van der Waals surface area contributed by atoms with E-state index in [1.807, 2.05) is 24.3 Å². The van der Waals surface area contributed by atoms with Gasteiger partial charge in [-0.1, -0.05) is 18.2 Å². The average molecular weight is 236 g/mol. The number of para-hydroxylation sites is 1. The van der Waals surface area contributed by atoms with Crippen LogP contribution in [0.3, 0.4) is 0 Å². The number of aliphatic imine (C=N–C) groups is 1. The molecule has 84 valence electrons. The predicted molar refractivity (Wildman–Crippen MR) is 66.2 cm³/mol. The molecule has 0 aromatic heterocycles. The first-order valence-corrected chi connectivity index (χ1v) is 5.15. The van der Waals surface area contributed by atoms with Gasteiger partial charge in [0.1, 0.15) is 5.75 Å². The predicted octanol–water partition coefficient (Wildman–Crippen LogP) is 0.486. The topological polar surface area (TPSA) is 71.7 Å². The highest BCUT2D eigenvalue weighted by Gasteiger charge is 2.20. The maximum atomic E-state index is 5.61. The molecule has 5 nitrogen and oxygen atoms in total. The molecule has 1 aliphatic heterocycles. The Bertz CT molecular complexity index is 446. The van der Waals surface area contributed by atoms with E-state index in [-0.39, 0.29) is 6.17 Å². The molecular weight excluding hydrogens is 224 g/mol. The van der Waals surface area contributed by atoms with Crippen molar-refractivity contribution >= 4 is 23.3 Å². The highest BCUT2D eigenvalue weighted by atomic mass is 32.1. The minimum Gasteiger partial charge on any atom is -0.496 e. The normalized spacial score (nSPS) is 19.4. The molecule has 16 heavy (non-hydrogen) atoms. The van der Waals surface area contributed by atoms with Crippen molar-refractivity contribution in [3.05, 3.63) is 29.8 Å². The number of hydrogen-bond donors (Lipinski definition) is 3. The molecule has 0 aliphatic carbocycles. The first kappa shape index (κ1) is 10.7. The minimum absolute atomic E-state index is 0.301. The number of hydrogen-bond acceptors (Lipinski definition) is 4. The van der Waals surface area contributed by atoms with Gasteiger partial charge in [0.25, 0.3) is 0 Å². The van der Waals surface area contributed by atoms with Crippen LogP contribution < -0.4 is 21.1 Å². The van der Waals surface area contributed by atoms with Gasteiger partial charge in [-0.2, -0.15) is 0 Å². The number of thiocarbonyl (C=S) groups is 1. The molecule has 1 aromatic rings. The third-order valence-corrected chi connectivity index (χ3v) is 2.43. The number of rotatable bonds is 2. The van der Waals surface area contributed by atoms with E-state index in [4.69, 9.17) is 22.7 Å². The van der Waals surface area contributed by atoms with Crippen molar-refractivity contribution in [2.24, 2.45) is 10.7 Å². The second kappa shape index (κ2) is 4.36. The monoisotopic (exact) mass is 236 g/mol. The summed E-state index contributed by atoms with van der Waals surface area (Å²) < 4.78 is 5.26. The molecular formula is C10H12N4OS. The maximum absolute atomic E-state index is 5.61. The number of benzene rings is 1. The zero-order valence-electron chi connectivity index (χ0n) is 8.73. The fourth-order valence-electron chi connectivity index (χ4n) is 1.52. The molecule has 1 aromatic carbocycles. The van der Waals surface area contributed by atoms with Gasteiger partial charge in [-0.25, -0.2) is 4.99 Å². The summed E-state index contributed by atoms with van der Waals surface area (Å²) in [5, 5.41) is 6.20. The van der Waals surface area contributed by atoms with Gasteiger partial charge in [-0.3, -0.25) is 0 Å². The van der Waals surface area contributed by atoms with E-state index in [9.17, 15) is 0 Å². The summed E-state index contributed by atoms with van der Waals surface area (Å²) in [6.45, 7) is 0. The zero-order chi connectivity index (χ0) is 11.5. The van der Waals surface area contributed by atoms with Crippen LogP contribution in [0.5, 0.6) is 5.75 Å². The molecule has 0 unspecified atom stereocenters. The Kier molecular flexibility index (Phi) is 2.91. The number of guanidine groups is 1. The largest absolute Gasteiger partial charge is 0.496 e. The molecule has 1 heterocycles. The summed E-state index contributed by atoms with van der Waals surface area (Å²) in [6.07, 6.45) is -0.301. The van der Waals surface area contributed by atoms with Gasteiger partial charge < -0.3 is 21.1 Å². The van der Waals surface area contributed by atoms with Crippen molar-refractivity contribution in [1.29, 1.82) is 0 Å². The third kappa shape index (κ3) is 2.06. The third-order valence-electron chi connectivity index (χ3n) is 2.21. The Hall–Kier alpha value is -1.82. The highest BCUT2D eigenvalue weighted by Crippen LogP contribution is 2.26. The lowest BCUT2D eigenvalue weighted by atomic mass is 10.1. The lowest BCUT2D eigenvalue weighted by molar-refractivity contribution is 0.404. The molecule has 1 atom stereocenters. The van der Waals surface area contributed by atoms with Crippen LogP contribution >= 0.6 is 12.2 Å². The van der Waals surface area contributed by atoms with Crippen LogP contribution in [0.25, 0.3) is 0 Å². The number of methoxy groups -OCH3 is 1. The molecule has 0 saturated heterocycles. The molecule has 0 fully saturated rings. The van der Waals surface area contributed by atoms with E-state index >= 15 is 0 Å². The number of nitrogens with one attached hydrogen (secondary N) is 2. The number of ether oxygens (including phenoxy) is 1. The molecule has 2 rings (SSSR count). The second-order valence-electron chi connectivity index (χ2n) is 3.26. The molecule has 1 aliphatic rings. The summed E-state index contributed by atoms with van der Waals surface area (Å²) >= 11 is 5.02. The van der Waals surface area contributed by atoms with Crippen molar-refractivity contribution in [1.82, 2.24) is 10.6 Å². The number of nitrogens with two attached hydrogens (primary N) is 1. The van der Waals surface area contributed by atoms with Gasteiger partial charge in [-0.05, 0) is 18.3 Å². The Morgan fingerprint density at radius 1 is 1.44 bits per heavy atom. The molecule has 0 saturated carbocycles. The van der Waals surface area contributed by atoms with Crippen LogP contribution in [0.4, 0.5) is 0 Å². The summed E-state index contributed by atoms with van der Waals surface area (Å²) in [5.41, 5.74) is 6.51. The standard InChI is InChI=1S/C10H12N4OS/c1-15-7-5-3-2-4-6(7)8-12-9(11)14-10(16)13-8/h2-5,8H,1H3,(H4,11,12,13,14,16)/t8-/m0/s1. The van der Waals surface area contributed by atoms with Crippen LogP contribution in [0, 0.1) is 0 Å². The van der Waals surface area contributed by atoms with Gasteiger partial charge in [0, 0.05) is 5.56 Å². The van der Waals surface area contributed by atoms with Crippen LogP contribution in [-0.4, -0.2) is 18.2 Å². The van der Waals surface area contributed by atoms with Crippen molar-refractivity contribution in [2.45, 2.75) is 6.17 Å². The Morgan fingerprint density at radius 2 is 2.19 bits per heavy atom. The quantitative estimate of drug-likeness (QED) is 0.652. The number of nitrogens with zero attached hydrogens (tertiary/aromatic N) is 1. The molecule has 0 radical (unpaired) electrons. The van der Waals surface area contributed by atoms with Crippen molar-refractivity contribution in [3.63, 3.8) is 0 Å².